The van der Waals surface area contributed by atoms with Crippen molar-refractivity contribution < 1.29 is 0 Å². The van der Waals surface area contributed by atoms with Gasteiger partial charge in [0.1, 0.15) is 0 Å². The van der Waals surface area contributed by atoms with Crippen LogP contribution in [0.5, 0.6) is 0 Å². The van der Waals surface area contributed by atoms with E-state index in [1.807, 2.05) is 12.1 Å². The van der Waals surface area contributed by atoms with Crippen molar-refractivity contribution in [3.05, 3.63) is 223 Å². The number of hydrogen-bond donors (Lipinski definition) is 0. The molecule has 1 aromatic heterocycles. The second-order valence-corrected chi connectivity index (χ2v) is 16.2. The van der Waals surface area contributed by atoms with Crippen molar-refractivity contribution in [2.75, 3.05) is 0 Å². The molecule has 2 heteroatoms. The molecule has 9 aromatic rings. The summed E-state index contributed by atoms with van der Waals surface area (Å²) in [6.45, 7) is 10.9. The van der Waals surface area contributed by atoms with E-state index < -0.39 is 0 Å². The number of allylic oxidation sites excluding steroid dienone is 2. The Balaban J connectivity index is 1.18. The molecular formula is C58H44N2. The molecule has 1 aliphatic carbocycles. The van der Waals surface area contributed by atoms with Gasteiger partial charge >= 0.3 is 0 Å². The average Bonchev–Trinajstić information content (AvgIpc) is 3.54. The SMILES string of the molecule is C=C/C=C\c1c(C)ccc2c1C(C)(C)c1cccc(-c3ccc(-c4nc(-c5ccccc5)cc(-c5ccc(-c6ccccc6)cc5-c5ccccc5)n4)c4ccccc34)c1-2. The predicted molar refractivity (Wildman–Crippen MR) is 254 cm³/mol. The number of fused-ring (bicyclic) bond motifs is 4. The summed E-state index contributed by atoms with van der Waals surface area (Å²) in [7, 11) is 0. The largest absolute Gasteiger partial charge is 0.228 e. The van der Waals surface area contributed by atoms with E-state index in [4.69, 9.17) is 9.97 Å². The normalized spacial score (nSPS) is 12.7. The van der Waals surface area contributed by atoms with Crippen molar-refractivity contribution in [2.24, 2.45) is 0 Å². The lowest BCUT2D eigenvalue weighted by molar-refractivity contribution is 0.658. The topological polar surface area (TPSA) is 25.8 Å². The van der Waals surface area contributed by atoms with Crippen LogP contribution in [0.3, 0.4) is 0 Å². The minimum atomic E-state index is -0.177. The van der Waals surface area contributed by atoms with Gasteiger partial charge in [-0.15, -0.1) is 0 Å². The summed E-state index contributed by atoms with van der Waals surface area (Å²) in [4.78, 5) is 10.8. The number of aromatic nitrogens is 2. The lowest BCUT2D eigenvalue weighted by atomic mass is 9.79. The van der Waals surface area contributed by atoms with Gasteiger partial charge in [0.2, 0.25) is 0 Å². The van der Waals surface area contributed by atoms with Crippen LogP contribution in [0, 0.1) is 6.92 Å². The maximum atomic E-state index is 5.46. The fourth-order valence-electron chi connectivity index (χ4n) is 9.33. The van der Waals surface area contributed by atoms with Crippen LogP contribution in [0.15, 0.2) is 201 Å². The van der Waals surface area contributed by atoms with Crippen LogP contribution in [0.2, 0.25) is 0 Å². The first kappa shape index (κ1) is 36.9. The summed E-state index contributed by atoms with van der Waals surface area (Å²) in [5.41, 5.74) is 19.6. The molecule has 0 spiro atoms. The summed E-state index contributed by atoms with van der Waals surface area (Å²) >= 11 is 0. The smallest absolute Gasteiger partial charge is 0.161 e. The van der Waals surface area contributed by atoms with Crippen molar-refractivity contribution in [3.63, 3.8) is 0 Å². The van der Waals surface area contributed by atoms with E-state index in [1.54, 1.807) is 0 Å². The van der Waals surface area contributed by atoms with Crippen molar-refractivity contribution in [3.8, 4) is 78.4 Å². The Morgan fingerprint density at radius 1 is 0.467 bits per heavy atom. The average molecular weight is 769 g/mol. The molecule has 1 aliphatic rings. The van der Waals surface area contributed by atoms with E-state index in [9.17, 15) is 0 Å². The third kappa shape index (κ3) is 6.29. The van der Waals surface area contributed by atoms with E-state index in [1.165, 1.54) is 55.5 Å². The van der Waals surface area contributed by atoms with E-state index in [0.29, 0.717) is 5.82 Å². The van der Waals surface area contributed by atoms with Crippen LogP contribution < -0.4 is 0 Å². The second kappa shape index (κ2) is 15.1. The van der Waals surface area contributed by atoms with Gasteiger partial charge in [-0.2, -0.15) is 0 Å². The Hall–Kier alpha value is -7.42. The van der Waals surface area contributed by atoms with Gasteiger partial charge in [0.25, 0.3) is 0 Å². The van der Waals surface area contributed by atoms with E-state index in [-0.39, 0.29) is 5.41 Å². The first-order valence-electron chi connectivity index (χ1n) is 20.7. The molecule has 0 bridgehead atoms. The Bertz CT molecular complexity index is 3120. The van der Waals surface area contributed by atoms with Gasteiger partial charge in [0, 0.05) is 22.1 Å². The summed E-state index contributed by atoms with van der Waals surface area (Å²) in [5, 5.41) is 2.28. The van der Waals surface area contributed by atoms with Gasteiger partial charge in [-0.25, -0.2) is 9.97 Å². The molecule has 0 saturated carbocycles. The molecule has 0 atom stereocenters. The highest BCUT2D eigenvalue weighted by molar-refractivity contribution is 6.08. The van der Waals surface area contributed by atoms with Crippen molar-refractivity contribution in [1.82, 2.24) is 9.97 Å². The number of aryl methyl sites for hydroxylation is 1. The number of hydrogen-bond acceptors (Lipinski definition) is 2. The van der Waals surface area contributed by atoms with Crippen LogP contribution in [-0.2, 0) is 5.41 Å². The van der Waals surface area contributed by atoms with Crippen LogP contribution in [-0.4, -0.2) is 9.97 Å². The summed E-state index contributed by atoms with van der Waals surface area (Å²) in [6.07, 6.45) is 6.13. The molecule has 8 aromatic carbocycles. The van der Waals surface area contributed by atoms with Gasteiger partial charge in [-0.1, -0.05) is 202 Å². The minimum absolute atomic E-state index is 0.177. The molecule has 10 rings (SSSR count). The first-order valence-corrected chi connectivity index (χ1v) is 20.7. The first-order chi connectivity index (χ1) is 29.4. The van der Waals surface area contributed by atoms with Gasteiger partial charge in [-0.3, -0.25) is 0 Å². The predicted octanol–water partition coefficient (Wildman–Crippen LogP) is 15.4. The molecule has 0 aliphatic heterocycles. The van der Waals surface area contributed by atoms with Gasteiger partial charge in [0.05, 0.1) is 11.4 Å². The second-order valence-electron chi connectivity index (χ2n) is 16.2. The van der Waals surface area contributed by atoms with Crippen LogP contribution in [0.1, 0.15) is 36.1 Å². The molecule has 2 nitrogen and oxygen atoms in total. The third-order valence-corrected chi connectivity index (χ3v) is 12.2. The maximum absolute atomic E-state index is 5.46. The standard InChI is InChI=1S/C58H44N2/c1-5-6-25-43-38(2)30-32-50-55-48(28-18-29-52(55)58(3,4)56(43)50)46-34-35-49(45-27-17-16-26-44(45)46)57-59-53(41-23-14-9-15-24-41)37-54(60-57)47-33-31-42(39-19-10-7-11-20-39)36-51(47)40-21-12-8-13-22-40/h5-37H,1H2,2-4H3/b25-6-. The van der Waals surface area contributed by atoms with Crippen LogP contribution >= 0.6 is 0 Å². The highest BCUT2D eigenvalue weighted by Crippen LogP contribution is 2.55. The zero-order chi connectivity index (χ0) is 40.8. The highest BCUT2D eigenvalue weighted by Gasteiger charge is 2.39. The summed E-state index contributed by atoms with van der Waals surface area (Å²) in [5.74, 6) is 0.694. The zero-order valence-corrected chi connectivity index (χ0v) is 34.2. The van der Waals surface area contributed by atoms with Crippen molar-refractivity contribution in [1.29, 1.82) is 0 Å². The van der Waals surface area contributed by atoms with E-state index in [0.717, 1.165) is 50.2 Å². The lowest BCUT2D eigenvalue weighted by Crippen LogP contribution is -2.17. The molecule has 0 fully saturated rings. The Morgan fingerprint density at radius 2 is 1.07 bits per heavy atom. The number of nitrogens with zero attached hydrogens (tertiary/aromatic N) is 2. The van der Waals surface area contributed by atoms with Gasteiger partial charge in [-0.05, 0) is 103 Å². The molecule has 0 saturated heterocycles. The minimum Gasteiger partial charge on any atom is -0.228 e. The Kier molecular flexibility index (Phi) is 9.26. The molecule has 0 N–H and O–H groups in total. The van der Waals surface area contributed by atoms with Crippen LogP contribution in [0.4, 0.5) is 0 Å². The maximum Gasteiger partial charge on any atom is 0.161 e. The van der Waals surface area contributed by atoms with Crippen molar-refractivity contribution >= 4 is 16.8 Å². The van der Waals surface area contributed by atoms with Crippen LogP contribution in [0.25, 0.3) is 95.3 Å². The third-order valence-electron chi connectivity index (χ3n) is 12.2. The summed E-state index contributed by atoms with van der Waals surface area (Å²) in [6, 6.07) is 65.2. The molecule has 1 heterocycles. The Labute approximate surface area is 352 Å². The van der Waals surface area contributed by atoms with Crippen molar-refractivity contribution in [2.45, 2.75) is 26.2 Å². The lowest BCUT2D eigenvalue weighted by Gasteiger charge is -2.24. The fraction of sp³-hybridized carbons (Fsp3) is 0.0690. The van der Waals surface area contributed by atoms with Gasteiger partial charge in [0.15, 0.2) is 5.82 Å². The molecule has 0 radical (unpaired) electrons. The molecule has 0 amide bonds. The Morgan fingerprint density at radius 3 is 1.78 bits per heavy atom. The molecule has 0 unspecified atom stereocenters. The molecule has 60 heavy (non-hydrogen) atoms. The quantitative estimate of drug-likeness (QED) is 0.144. The van der Waals surface area contributed by atoms with Gasteiger partial charge < -0.3 is 0 Å². The fourth-order valence-corrected chi connectivity index (χ4v) is 9.33. The van der Waals surface area contributed by atoms with E-state index >= 15 is 0 Å². The summed E-state index contributed by atoms with van der Waals surface area (Å²) < 4.78 is 0. The highest BCUT2D eigenvalue weighted by atomic mass is 14.9. The monoisotopic (exact) mass is 768 g/mol. The zero-order valence-electron chi connectivity index (χ0n) is 34.2. The van der Waals surface area contributed by atoms with E-state index in [2.05, 4.69) is 215 Å². The number of rotatable bonds is 8. The molecular weight excluding hydrogens is 725 g/mol. The molecule has 286 valence electrons. The number of benzene rings is 8.